The van der Waals surface area contributed by atoms with Gasteiger partial charge in [0.15, 0.2) is 0 Å². The Morgan fingerprint density at radius 1 is 1.19 bits per heavy atom. The molecule has 0 radical (unpaired) electrons. The number of carboxylic acids is 2. The van der Waals surface area contributed by atoms with Gasteiger partial charge < -0.3 is 10.2 Å². The minimum absolute atomic E-state index is 0.00781. The van der Waals surface area contributed by atoms with Crippen LogP contribution in [0.1, 0.15) is 12.5 Å². The van der Waals surface area contributed by atoms with E-state index in [0.29, 0.717) is 11.3 Å². The second kappa shape index (κ2) is 6.54. The SMILES string of the molecule is C[C@@H](C(=O)O)N1C(=O)/C(=C2/C(=O)N(CC(=O)O)c3ccccc32)SC1=S. The van der Waals surface area contributed by atoms with E-state index in [1.807, 2.05) is 0 Å². The van der Waals surface area contributed by atoms with Crippen molar-refractivity contribution >= 4 is 63.3 Å². The van der Waals surface area contributed by atoms with E-state index in [-0.39, 0.29) is 14.8 Å². The molecule has 0 spiro atoms. The summed E-state index contributed by atoms with van der Waals surface area (Å²) in [7, 11) is 0. The lowest BCUT2D eigenvalue weighted by Crippen LogP contribution is -2.41. The molecule has 0 aliphatic carbocycles. The van der Waals surface area contributed by atoms with Crippen molar-refractivity contribution < 1.29 is 29.4 Å². The summed E-state index contributed by atoms with van der Waals surface area (Å²) in [4.78, 5) is 49.9. The molecule has 1 aromatic carbocycles. The molecule has 1 atom stereocenters. The van der Waals surface area contributed by atoms with Gasteiger partial charge in [-0.2, -0.15) is 0 Å². The molecule has 10 heteroatoms. The highest BCUT2D eigenvalue weighted by atomic mass is 32.2. The first-order valence-electron chi connectivity index (χ1n) is 7.39. The fourth-order valence-electron chi connectivity index (χ4n) is 2.77. The number of benzene rings is 1. The Balaban J connectivity index is 2.12. The van der Waals surface area contributed by atoms with Crippen molar-refractivity contribution in [3.05, 3.63) is 34.7 Å². The van der Waals surface area contributed by atoms with Crippen molar-refractivity contribution in [1.82, 2.24) is 4.90 Å². The molecule has 2 aliphatic heterocycles. The highest BCUT2D eigenvalue weighted by molar-refractivity contribution is 8.26. The molecule has 8 nitrogen and oxygen atoms in total. The number of fused-ring (bicyclic) bond motifs is 1. The molecule has 26 heavy (non-hydrogen) atoms. The maximum Gasteiger partial charge on any atom is 0.326 e. The van der Waals surface area contributed by atoms with Gasteiger partial charge in [-0.05, 0) is 13.0 Å². The predicted octanol–water partition coefficient (Wildman–Crippen LogP) is 1.16. The van der Waals surface area contributed by atoms with Crippen LogP contribution in [0.3, 0.4) is 0 Å². The zero-order valence-corrected chi connectivity index (χ0v) is 15.0. The number of hydrogen-bond donors (Lipinski definition) is 2. The Labute approximate surface area is 157 Å². The van der Waals surface area contributed by atoms with E-state index < -0.39 is 36.3 Å². The van der Waals surface area contributed by atoms with Crippen LogP contribution in [-0.4, -0.2) is 55.8 Å². The predicted molar refractivity (Wildman–Crippen MR) is 97.5 cm³/mol. The molecular weight excluding hydrogens is 380 g/mol. The Hall–Kier alpha value is -2.72. The maximum absolute atomic E-state index is 12.8. The number of hydrogen-bond acceptors (Lipinski definition) is 6. The summed E-state index contributed by atoms with van der Waals surface area (Å²) in [6.45, 7) is 0.771. The standard InChI is InChI=1S/C16H12N2O6S2/c1-7(15(23)24)18-14(22)12(26-16(18)25)11-8-4-2-3-5-9(8)17(13(11)21)6-10(19)20/h2-5,7H,6H2,1H3,(H,19,20)(H,23,24)/b12-11-/t7-/m0/s1. The van der Waals surface area contributed by atoms with E-state index in [1.165, 1.54) is 6.92 Å². The van der Waals surface area contributed by atoms with Gasteiger partial charge in [0.25, 0.3) is 11.8 Å². The second-order valence-corrected chi connectivity index (χ2v) is 7.21. The van der Waals surface area contributed by atoms with Crippen molar-refractivity contribution in [2.24, 2.45) is 0 Å². The number of anilines is 1. The van der Waals surface area contributed by atoms with Crippen LogP contribution in [0.25, 0.3) is 5.57 Å². The topological polar surface area (TPSA) is 115 Å². The molecule has 134 valence electrons. The summed E-state index contributed by atoms with van der Waals surface area (Å²) < 4.78 is 0.0364. The lowest BCUT2D eigenvalue weighted by Gasteiger charge is -2.18. The summed E-state index contributed by atoms with van der Waals surface area (Å²) in [5, 5.41) is 18.2. The minimum atomic E-state index is -1.22. The number of aliphatic carboxylic acids is 2. The van der Waals surface area contributed by atoms with Gasteiger partial charge >= 0.3 is 11.9 Å². The number of amides is 2. The maximum atomic E-state index is 12.8. The molecule has 1 fully saturated rings. The third kappa shape index (κ3) is 2.76. The summed E-state index contributed by atoms with van der Waals surface area (Å²) >= 11 is 5.96. The molecule has 2 amide bonds. The Morgan fingerprint density at radius 3 is 2.46 bits per heavy atom. The van der Waals surface area contributed by atoms with Gasteiger partial charge in [0.05, 0.1) is 16.2 Å². The molecule has 1 saturated heterocycles. The molecule has 1 aromatic rings. The molecule has 0 bridgehead atoms. The number of para-hydroxylation sites is 1. The van der Waals surface area contributed by atoms with E-state index in [0.717, 1.165) is 21.6 Å². The average molecular weight is 392 g/mol. The normalized spacial score (nSPS) is 20.6. The van der Waals surface area contributed by atoms with Crippen LogP contribution in [0.15, 0.2) is 29.2 Å². The van der Waals surface area contributed by atoms with Crippen LogP contribution in [-0.2, 0) is 19.2 Å². The first-order valence-corrected chi connectivity index (χ1v) is 8.62. The Bertz CT molecular complexity index is 910. The molecular formula is C16H12N2O6S2. The van der Waals surface area contributed by atoms with Gasteiger partial charge in [-0.3, -0.25) is 24.2 Å². The first-order chi connectivity index (χ1) is 12.2. The Morgan fingerprint density at radius 2 is 1.85 bits per heavy atom. The average Bonchev–Trinajstić information content (AvgIpc) is 3.01. The molecule has 2 aliphatic rings. The van der Waals surface area contributed by atoms with Gasteiger partial charge in [-0.15, -0.1) is 0 Å². The monoisotopic (exact) mass is 392 g/mol. The summed E-state index contributed by atoms with van der Waals surface area (Å²) in [6, 6.07) is 5.34. The van der Waals surface area contributed by atoms with Gasteiger partial charge in [0.2, 0.25) is 0 Å². The number of carboxylic acid groups (broad SMARTS) is 2. The number of carbonyl (C=O) groups excluding carboxylic acids is 2. The quantitative estimate of drug-likeness (QED) is 0.579. The third-order valence-electron chi connectivity index (χ3n) is 3.99. The number of rotatable bonds is 4. The van der Waals surface area contributed by atoms with Crippen molar-refractivity contribution in [3.8, 4) is 0 Å². The summed E-state index contributed by atoms with van der Waals surface area (Å²) in [6.07, 6.45) is 0. The minimum Gasteiger partial charge on any atom is -0.480 e. The van der Waals surface area contributed by atoms with Crippen molar-refractivity contribution in [2.75, 3.05) is 11.4 Å². The van der Waals surface area contributed by atoms with Crippen molar-refractivity contribution in [3.63, 3.8) is 0 Å². The van der Waals surface area contributed by atoms with E-state index in [2.05, 4.69) is 0 Å². The van der Waals surface area contributed by atoms with Crippen LogP contribution >= 0.6 is 24.0 Å². The van der Waals surface area contributed by atoms with E-state index in [1.54, 1.807) is 24.3 Å². The lowest BCUT2D eigenvalue weighted by molar-refractivity contribution is -0.144. The van der Waals surface area contributed by atoms with Gasteiger partial charge in [-0.25, -0.2) is 4.79 Å². The van der Waals surface area contributed by atoms with Crippen LogP contribution < -0.4 is 4.90 Å². The Kier molecular flexibility index (Phi) is 4.55. The summed E-state index contributed by atoms with van der Waals surface area (Å²) in [5.74, 6) is -3.72. The van der Waals surface area contributed by atoms with Crippen LogP contribution in [0.2, 0.25) is 0 Å². The zero-order chi connectivity index (χ0) is 19.2. The summed E-state index contributed by atoms with van der Waals surface area (Å²) in [5.41, 5.74) is 0.841. The first kappa shape index (κ1) is 18.1. The van der Waals surface area contributed by atoms with Crippen LogP contribution in [0, 0.1) is 0 Å². The molecule has 3 rings (SSSR count). The second-order valence-electron chi connectivity index (χ2n) is 5.56. The number of carbonyl (C=O) groups is 4. The van der Waals surface area contributed by atoms with Gasteiger partial charge in [0, 0.05) is 5.56 Å². The smallest absolute Gasteiger partial charge is 0.326 e. The van der Waals surface area contributed by atoms with Crippen molar-refractivity contribution in [2.45, 2.75) is 13.0 Å². The molecule has 0 saturated carbocycles. The number of nitrogens with zero attached hydrogens (tertiary/aromatic N) is 2. The number of thioether (sulfide) groups is 1. The van der Waals surface area contributed by atoms with Crippen molar-refractivity contribution in [1.29, 1.82) is 0 Å². The molecule has 2 heterocycles. The van der Waals surface area contributed by atoms with Crippen LogP contribution in [0.4, 0.5) is 5.69 Å². The largest absolute Gasteiger partial charge is 0.480 e. The molecule has 0 unspecified atom stereocenters. The molecule has 0 aromatic heterocycles. The van der Waals surface area contributed by atoms with Gasteiger partial charge in [0.1, 0.15) is 16.9 Å². The fourth-order valence-corrected chi connectivity index (χ4v) is 4.26. The highest BCUT2D eigenvalue weighted by Crippen LogP contribution is 2.44. The van der Waals surface area contributed by atoms with Crippen LogP contribution in [0.5, 0.6) is 0 Å². The van der Waals surface area contributed by atoms with E-state index >= 15 is 0 Å². The lowest BCUT2D eigenvalue weighted by atomic mass is 10.1. The zero-order valence-electron chi connectivity index (χ0n) is 13.3. The number of thiocarbonyl (C=S) groups is 1. The van der Waals surface area contributed by atoms with E-state index in [9.17, 15) is 19.2 Å². The molecule has 2 N–H and O–H groups in total. The fraction of sp³-hybridized carbons (Fsp3) is 0.188. The third-order valence-corrected chi connectivity index (χ3v) is 5.39. The van der Waals surface area contributed by atoms with E-state index in [4.69, 9.17) is 22.4 Å². The van der Waals surface area contributed by atoms with Gasteiger partial charge in [-0.1, -0.05) is 42.2 Å². The highest BCUT2D eigenvalue weighted by Gasteiger charge is 2.44.